The van der Waals surface area contributed by atoms with Crippen molar-refractivity contribution in [2.75, 3.05) is 11.6 Å². The van der Waals surface area contributed by atoms with E-state index < -0.39 is 0 Å². The molecule has 0 aliphatic heterocycles. The minimum atomic E-state index is 0.725. The number of fused-ring (bicyclic) bond motifs is 1. The molecule has 0 spiro atoms. The Kier molecular flexibility index (Phi) is 3.65. The van der Waals surface area contributed by atoms with Gasteiger partial charge in [-0.15, -0.1) is 11.8 Å². The lowest BCUT2D eigenvalue weighted by Gasteiger charge is -2.10. The number of nitrogens with one attached hydrogen (secondary N) is 1. The molecule has 2 aromatic carbocycles. The molecule has 1 N–H and O–H groups in total. The predicted molar refractivity (Wildman–Crippen MR) is 86.3 cm³/mol. The van der Waals surface area contributed by atoms with Crippen LogP contribution in [0.4, 0.5) is 5.69 Å². The van der Waals surface area contributed by atoms with Crippen molar-refractivity contribution in [1.82, 2.24) is 9.55 Å². The van der Waals surface area contributed by atoms with Gasteiger partial charge in [0.15, 0.2) is 0 Å². The number of aromatic nitrogens is 2. The molecule has 3 rings (SSSR count). The number of thioether (sulfide) groups is 1. The number of imidazole rings is 1. The standard InChI is InChI=1S/C16H17N3S/c1-19-14-9-5-3-7-12(14)18-16(19)11-17-13-8-4-6-10-15(13)20-2/h3-10,17H,11H2,1-2H3. The molecule has 0 unspecified atom stereocenters. The Morgan fingerprint density at radius 3 is 2.65 bits per heavy atom. The van der Waals surface area contributed by atoms with E-state index in [0.717, 1.165) is 23.6 Å². The summed E-state index contributed by atoms with van der Waals surface area (Å²) in [5.74, 6) is 1.04. The molecule has 20 heavy (non-hydrogen) atoms. The number of rotatable bonds is 4. The van der Waals surface area contributed by atoms with Gasteiger partial charge in [0.05, 0.1) is 17.6 Å². The van der Waals surface area contributed by atoms with Crippen molar-refractivity contribution >= 4 is 28.5 Å². The summed E-state index contributed by atoms with van der Waals surface area (Å²) in [6.45, 7) is 0.725. The van der Waals surface area contributed by atoms with E-state index in [1.165, 1.54) is 10.4 Å². The van der Waals surface area contributed by atoms with Crippen LogP contribution in [-0.2, 0) is 13.6 Å². The van der Waals surface area contributed by atoms with Gasteiger partial charge in [-0.3, -0.25) is 0 Å². The Balaban J connectivity index is 1.85. The van der Waals surface area contributed by atoms with Crippen LogP contribution in [0.15, 0.2) is 53.4 Å². The molecule has 3 aromatic rings. The fourth-order valence-corrected chi connectivity index (χ4v) is 2.89. The van der Waals surface area contributed by atoms with Crippen molar-refractivity contribution in [2.24, 2.45) is 7.05 Å². The molecule has 1 aromatic heterocycles. The number of nitrogens with zero attached hydrogens (tertiary/aromatic N) is 2. The highest BCUT2D eigenvalue weighted by Crippen LogP contribution is 2.25. The molecule has 3 nitrogen and oxygen atoms in total. The molecule has 0 amide bonds. The number of hydrogen-bond acceptors (Lipinski definition) is 3. The van der Waals surface area contributed by atoms with E-state index in [-0.39, 0.29) is 0 Å². The third kappa shape index (κ3) is 2.39. The summed E-state index contributed by atoms with van der Waals surface area (Å²) < 4.78 is 2.14. The molecular formula is C16H17N3S. The summed E-state index contributed by atoms with van der Waals surface area (Å²) in [4.78, 5) is 5.93. The van der Waals surface area contributed by atoms with Gasteiger partial charge in [-0.1, -0.05) is 24.3 Å². The number of aryl methyl sites for hydroxylation is 1. The highest BCUT2D eigenvalue weighted by atomic mass is 32.2. The quantitative estimate of drug-likeness (QED) is 0.736. The SMILES string of the molecule is CSc1ccccc1NCc1nc2ccccc2n1C. The lowest BCUT2D eigenvalue weighted by Crippen LogP contribution is -2.06. The molecule has 0 aliphatic carbocycles. The third-order valence-electron chi connectivity index (χ3n) is 3.42. The molecule has 0 atom stereocenters. The zero-order valence-corrected chi connectivity index (χ0v) is 12.4. The topological polar surface area (TPSA) is 29.9 Å². The highest BCUT2D eigenvalue weighted by Gasteiger charge is 2.07. The fourth-order valence-electron chi connectivity index (χ4n) is 2.32. The van der Waals surface area contributed by atoms with Gasteiger partial charge in [0, 0.05) is 17.6 Å². The molecule has 0 saturated heterocycles. The largest absolute Gasteiger partial charge is 0.377 e. The van der Waals surface area contributed by atoms with Crippen molar-refractivity contribution in [3.8, 4) is 0 Å². The minimum absolute atomic E-state index is 0.725. The lowest BCUT2D eigenvalue weighted by molar-refractivity contribution is 0.833. The van der Waals surface area contributed by atoms with Crippen molar-refractivity contribution in [3.05, 3.63) is 54.4 Å². The highest BCUT2D eigenvalue weighted by molar-refractivity contribution is 7.98. The molecular weight excluding hydrogens is 266 g/mol. The van der Waals surface area contributed by atoms with Gasteiger partial charge in [-0.25, -0.2) is 4.98 Å². The second kappa shape index (κ2) is 5.59. The van der Waals surface area contributed by atoms with Gasteiger partial charge in [0.2, 0.25) is 0 Å². The van der Waals surface area contributed by atoms with Gasteiger partial charge >= 0.3 is 0 Å². The molecule has 0 fully saturated rings. The van der Waals surface area contributed by atoms with Crippen LogP contribution in [0.1, 0.15) is 5.82 Å². The second-order valence-corrected chi connectivity index (χ2v) is 5.48. The summed E-state index contributed by atoms with van der Waals surface area (Å²) in [6.07, 6.45) is 2.09. The Bertz CT molecular complexity index is 733. The number of hydrogen-bond donors (Lipinski definition) is 1. The van der Waals surface area contributed by atoms with E-state index in [1.54, 1.807) is 11.8 Å². The maximum absolute atomic E-state index is 4.68. The van der Waals surface area contributed by atoms with Crippen LogP contribution in [0.25, 0.3) is 11.0 Å². The Hall–Kier alpha value is -1.94. The Morgan fingerprint density at radius 2 is 1.85 bits per heavy atom. The summed E-state index contributed by atoms with van der Waals surface area (Å²) in [6, 6.07) is 16.6. The van der Waals surface area contributed by atoms with Crippen LogP contribution in [0.3, 0.4) is 0 Å². The first kappa shape index (κ1) is 13.1. The van der Waals surface area contributed by atoms with E-state index in [9.17, 15) is 0 Å². The first-order valence-corrected chi connectivity index (χ1v) is 7.79. The molecule has 4 heteroatoms. The molecule has 1 heterocycles. The predicted octanol–water partition coefficient (Wildman–Crippen LogP) is 3.91. The number of para-hydroxylation sites is 3. The Labute approximate surface area is 123 Å². The number of anilines is 1. The van der Waals surface area contributed by atoms with Gasteiger partial charge in [-0.2, -0.15) is 0 Å². The maximum atomic E-state index is 4.68. The zero-order valence-electron chi connectivity index (χ0n) is 11.6. The summed E-state index contributed by atoms with van der Waals surface area (Å²) in [7, 11) is 2.06. The van der Waals surface area contributed by atoms with E-state index >= 15 is 0 Å². The smallest absolute Gasteiger partial charge is 0.128 e. The van der Waals surface area contributed by atoms with Crippen LogP contribution in [-0.4, -0.2) is 15.8 Å². The first-order chi connectivity index (χ1) is 9.79. The van der Waals surface area contributed by atoms with E-state index in [1.807, 2.05) is 12.1 Å². The normalized spacial score (nSPS) is 10.9. The van der Waals surface area contributed by atoms with Crippen molar-refractivity contribution in [2.45, 2.75) is 11.4 Å². The van der Waals surface area contributed by atoms with Crippen LogP contribution in [0.5, 0.6) is 0 Å². The van der Waals surface area contributed by atoms with Gasteiger partial charge in [0.25, 0.3) is 0 Å². The van der Waals surface area contributed by atoms with Crippen molar-refractivity contribution in [3.63, 3.8) is 0 Å². The average Bonchev–Trinajstić information content (AvgIpc) is 2.82. The fraction of sp³-hybridized carbons (Fsp3) is 0.188. The summed E-state index contributed by atoms with van der Waals surface area (Å²) in [5, 5.41) is 3.48. The lowest BCUT2D eigenvalue weighted by atomic mass is 10.3. The molecule has 0 bridgehead atoms. The zero-order chi connectivity index (χ0) is 13.9. The summed E-state index contributed by atoms with van der Waals surface area (Å²) >= 11 is 1.75. The average molecular weight is 283 g/mol. The second-order valence-electron chi connectivity index (χ2n) is 4.63. The van der Waals surface area contributed by atoms with Crippen molar-refractivity contribution in [1.29, 1.82) is 0 Å². The van der Waals surface area contributed by atoms with Crippen LogP contribution < -0.4 is 5.32 Å². The third-order valence-corrected chi connectivity index (χ3v) is 4.22. The minimum Gasteiger partial charge on any atom is -0.377 e. The van der Waals surface area contributed by atoms with Gasteiger partial charge in [0.1, 0.15) is 5.82 Å². The van der Waals surface area contributed by atoms with Crippen LogP contribution in [0.2, 0.25) is 0 Å². The Morgan fingerprint density at radius 1 is 1.10 bits per heavy atom. The maximum Gasteiger partial charge on any atom is 0.128 e. The molecule has 0 saturated carbocycles. The molecule has 0 aliphatic rings. The number of benzene rings is 2. The van der Waals surface area contributed by atoms with Crippen LogP contribution >= 0.6 is 11.8 Å². The van der Waals surface area contributed by atoms with E-state index in [4.69, 9.17) is 0 Å². The van der Waals surface area contributed by atoms with E-state index in [2.05, 4.69) is 64.6 Å². The first-order valence-electron chi connectivity index (χ1n) is 6.57. The van der Waals surface area contributed by atoms with Gasteiger partial charge in [-0.05, 0) is 30.5 Å². The van der Waals surface area contributed by atoms with Gasteiger partial charge < -0.3 is 9.88 Å². The molecule has 0 radical (unpaired) electrons. The van der Waals surface area contributed by atoms with Crippen molar-refractivity contribution < 1.29 is 0 Å². The summed E-state index contributed by atoms with van der Waals surface area (Å²) in [5.41, 5.74) is 3.37. The van der Waals surface area contributed by atoms with Crippen LogP contribution in [0, 0.1) is 0 Å². The monoisotopic (exact) mass is 283 g/mol. The molecule has 102 valence electrons. The van der Waals surface area contributed by atoms with E-state index in [0.29, 0.717) is 0 Å².